The summed E-state index contributed by atoms with van der Waals surface area (Å²) in [7, 11) is 3.53. The quantitative estimate of drug-likeness (QED) is 0.242. The van der Waals surface area contributed by atoms with Crippen LogP contribution in [0.5, 0.6) is 5.88 Å². The fourth-order valence-corrected chi connectivity index (χ4v) is 7.39. The van der Waals surface area contributed by atoms with Gasteiger partial charge in [0.15, 0.2) is 10.9 Å². The summed E-state index contributed by atoms with van der Waals surface area (Å²) < 4.78 is 49.6. The second kappa shape index (κ2) is 13.2. The molecule has 2 aliphatic heterocycles. The number of nitriles is 1. The SMILES string of the molecule is CO[C@@H]1CN(C)C[C@H]1Oc1nc2c(F)c(-c3ccc(F)c4sc(NC(=O)OC(C)(C)C)nc34)c(Cl)cc2c(N2CCN[C@H](C)C2)c1C#N. The normalized spacial score (nSPS) is 20.3. The molecule has 48 heavy (non-hydrogen) atoms. The van der Waals surface area contributed by atoms with E-state index >= 15 is 8.78 Å². The van der Waals surface area contributed by atoms with Crippen LogP contribution in [0.15, 0.2) is 18.2 Å². The number of hydrogen-bond acceptors (Lipinski definition) is 11. The van der Waals surface area contributed by atoms with Gasteiger partial charge in [-0.2, -0.15) is 5.26 Å². The van der Waals surface area contributed by atoms with Gasteiger partial charge in [0, 0.05) is 62.4 Å². The molecule has 2 saturated heterocycles. The van der Waals surface area contributed by atoms with Crippen molar-refractivity contribution in [3.05, 3.63) is 40.4 Å². The third kappa shape index (κ3) is 6.57. The number of aromatic nitrogens is 2. The van der Waals surface area contributed by atoms with Crippen molar-refractivity contribution in [2.24, 2.45) is 0 Å². The molecule has 0 saturated carbocycles. The number of amides is 1. The number of likely N-dealkylation sites (tertiary alicyclic amines) is 1. The van der Waals surface area contributed by atoms with Gasteiger partial charge in [-0.05, 0) is 52.9 Å². The molecule has 2 aliphatic rings. The average molecular weight is 700 g/mol. The average Bonchev–Trinajstić information content (AvgIpc) is 3.59. The molecule has 6 rings (SSSR count). The predicted molar refractivity (Wildman–Crippen MR) is 182 cm³/mol. The van der Waals surface area contributed by atoms with E-state index in [1.54, 1.807) is 33.9 Å². The van der Waals surface area contributed by atoms with Crippen molar-refractivity contribution in [2.75, 3.05) is 57.1 Å². The maximum atomic E-state index is 17.0. The second-order valence-corrected chi connectivity index (χ2v) is 14.5. The highest BCUT2D eigenvalue weighted by Crippen LogP contribution is 2.45. The van der Waals surface area contributed by atoms with E-state index in [0.29, 0.717) is 43.8 Å². The molecule has 2 aromatic carbocycles. The fraction of sp³-hybridized carbons (Fsp3) is 0.455. The Morgan fingerprint density at radius 1 is 1.19 bits per heavy atom. The van der Waals surface area contributed by atoms with Gasteiger partial charge in [-0.25, -0.2) is 23.5 Å². The molecule has 0 unspecified atom stereocenters. The molecule has 4 heterocycles. The van der Waals surface area contributed by atoms with Gasteiger partial charge in [0.25, 0.3) is 0 Å². The summed E-state index contributed by atoms with van der Waals surface area (Å²) in [4.78, 5) is 25.6. The number of piperazine rings is 1. The van der Waals surface area contributed by atoms with Gasteiger partial charge in [0.05, 0.1) is 20.9 Å². The predicted octanol–water partition coefficient (Wildman–Crippen LogP) is 6.17. The van der Waals surface area contributed by atoms with Gasteiger partial charge in [-0.1, -0.05) is 22.9 Å². The summed E-state index contributed by atoms with van der Waals surface area (Å²) in [6, 6.07) is 6.54. The molecular weight excluding hydrogens is 664 g/mol. The van der Waals surface area contributed by atoms with Crippen molar-refractivity contribution in [1.82, 2.24) is 20.2 Å². The summed E-state index contributed by atoms with van der Waals surface area (Å²) in [6.07, 6.45) is -1.50. The minimum absolute atomic E-state index is 0.0116. The van der Waals surface area contributed by atoms with Crippen LogP contribution in [-0.4, -0.2) is 91.7 Å². The molecule has 3 atom stereocenters. The van der Waals surface area contributed by atoms with E-state index in [4.69, 9.17) is 25.8 Å². The lowest BCUT2D eigenvalue weighted by Gasteiger charge is -2.35. The highest BCUT2D eigenvalue weighted by Gasteiger charge is 2.35. The molecule has 0 radical (unpaired) electrons. The van der Waals surface area contributed by atoms with Crippen LogP contribution in [0.4, 0.5) is 24.4 Å². The molecule has 0 aliphatic carbocycles. The third-order valence-electron chi connectivity index (χ3n) is 8.24. The van der Waals surface area contributed by atoms with Gasteiger partial charge >= 0.3 is 6.09 Å². The van der Waals surface area contributed by atoms with Crippen LogP contribution in [0.1, 0.15) is 33.3 Å². The van der Waals surface area contributed by atoms with Gasteiger partial charge in [0.2, 0.25) is 5.88 Å². The molecular formula is C33H36ClF2N7O4S. The number of carbonyl (C=O) groups excluding carboxylic acids is 1. The van der Waals surface area contributed by atoms with Crippen LogP contribution in [0.25, 0.3) is 32.2 Å². The number of rotatable bonds is 6. The Balaban J connectivity index is 1.53. The first-order chi connectivity index (χ1) is 22.8. The third-order valence-corrected chi connectivity index (χ3v) is 9.52. The lowest BCUT2D eigenvalue weighted by atomic mass is 9.98. The number of nitrogens with zero attached hydrogens (tertiary/aromatic N) is 5. The zero-order valence-electron chi connectivity index (χ0n) is 27.4. The van der Waals surface area contributed by atoms with E-state index in [-0.39, 0.29) is 60.6 Å². The second-order valence-electron chi connectivity index (χ2n) is 13.1. The summed E-state index contributed by atoms with van der Waals surface area (Å²) in [5.74, 6) is -1.40. The molecule has 0 bridgehead atoms. The van der Waals surface area contributed by atoms with Crippen molar-refractivity contribution < 1.29 is 27.8 Å². The Labute approximate surface area is 285 Å². The van der Waals surface area contributed by atoms with Crippen molar-refractivity contribution in [3.8, 4) is 23.1 Å². The molecule has 2 aromatic heterocycles. The lowest BCUT2D eigenvalue weighted by Crippen LogP contribution is -2.49. The minimum atomic E-state index is -0.786. The Bertz CT molecular complexity index is 1950. The molecule has 2 N–H and O–H groups in total. The van der Waals surface area contributed by atoms with Crippen molar-refractivity contribution in [1.29, 1.82) is 5.26 Å². The van der Waals surface area contributed by atoms with E-state index in [0.717, 1.165) is 11.3 Å². The van der Waals surface area contributed by atoms with Crippen LogP contribution >= 0.6 is 22.9 Å². The summed E-state index contributed by atoms with van der Waals surface area (Å²) >= 11 is 7.76. The van der Waals surface area contributed by atoms with Crippen LogP contribution < -0.4 is 20.3 Å². The highest BCUT2D eigenvalue weighted by molar-refractivity contribution is 7.22. The minimum Gasteiger partial charge on any atom is -0.469 e. The van der Waals surface area contributed by atoms with Crippen LogP contribution in [0.2, 0.25) is 5.02 Å². The fourth-order valence-electron chi connectivity index (χ4n) is 6.22. The van der Waals surface area contributed by atoms with E-state index in [2.05, 4.69) is 26.7 Å². The number of thiazole rings is 1. The number of fused-ring (bicyclic) bond motifs is 2. The highest BCUT2D eigenvalue weighted by atomic mass is 35.5. The van der Waals surface area contributed by atoms with Gasteiger partial charge in [0.1, 0.15) is 40.8 Å². The number of likely N-dealkylation sites (N-methyl/N-ethyl adjacent to an activating group) is 1. The largest absolute Gasteiger partial charge is 0.469 e. The summed E-state index contributed by atoms with van der Waals surface area (Å²) in [5, 5.41) is 16.8. The summed E-state index contributed by atoms with van der Waals surface area (Å²) in [6.45, 7) is 10.1. The smallest absolute Gasteiger partial charge is 0.413 e. The first kappa shape index (κ1) is 34.0. The zero-order valence-corrected chi connectivity index (χ0v) is 29.0. The first-order valence-electron chi connectivity index (χ1n) is 15.5. The number of methoxy groups -OCH3 is 1. The first-order valence-corrected chi connectivity index (χ1v) is 16.7. The Hall–Kier alpha value is -3.87. The van der Waals surface area contributed by atoms with E-state index in [1.807, 2.05) is 23.8 Å². The monoisotopic (exact) mass is 699 g/mol. The Morgan fingerprint density at radius 3 is 2.62 bits per heavy atom. The summed E-state index contributed by atoms with van der Waals surface area (Å²) in [5.41, 5.74) is 0.0633. The molecule has 254 valence electrons. The maximum Gasteiger partial charge on any atom is 0.413 e. The number of carbonyl (C=O) groups is 1. The standard InChI is InChI=1S/C33H36ClF2N7O4S/c1-16-13-43(10-9-38-16)28-18-11-20(34)24(17-7-8-21(35)29-27(17)40-31(48-29)41-32(44)47-33(2,3)4)25(36)26(18)39-30(19(28)12-37)46-23-15-42(5)14-22(23)45-6/h7-8,11,16,22-23,38H,9-10,13-15H2,1-6H3,(H,40,41,44)/t16-,22-,23-/m1/s1. The maximum absolute atomic E-state index is 17.0. The van der Waals surface area contributed by atoms with Crippen molar-refractivity contribution in [2.45, 2.75) is 51.5 Å². The zero-order chi connectivity index (χ0) is 34.5. The van der Waals surface area contributed by atoms with Gasteiger partial charge < -0.3 is 24.4 Å². The molecule has 1 amide bonds. The number of pyridine rings is 1. The van der Waals surface area contributed by atoms with E-state index in [9.17, 15) is 10.1 Å². The van der Waals surface area contributed by atoms with E-state index < -0.39 is 29.4 Å². The van der Waals surface area contributed by atoms with Crippen LogP contribution in [0, 0.1) is 23.0 Å². The number of nitrogens with one attached hydrogen (secondary N) is 2. The molecule has 11 nitrogen and oxygen atoms in total. The Morgan fingerprint density at radius 2 is 1.94 bits per heavy atom. The lowest BCUT2D eigenvalue weighted by molar-refractivity contribution is 0.0321. The van der Waals surface area contributed by atoms with E-state index in [1.165, 1.54) is 12.1 Å². The molecule has 0 spiro atoms. The number of hydrogen-bond donors (Lipinski definition) is 2. The molecule has 4 aromatic rings. The topological polar surface area (TPSA) is 125 Å². The number of anilines is 2. The van der Waals surface area contributed by atoms with Crippen molar-refractivity contribution >= 4 is 61.0 Å². The number of benzene rings is 2. The number of ether oxygens (including phenoxy) is 3. The van der Waals surface area contributed by atoms with Gasteiger partial charge in [-0.3, -0.25) is 10.2 Å². The Kier molecular flexibility index (Phi) is 9.36. The molecule has 15 heteroatoms. The van der Waals surface area contributed by atoms with Gasteiger partial charge in [-0.15, -0.1) is 0 Å². The van der Waals surface area contributed by atoms with Crippen molar-refractivity contribution in [3.63, 3.8) is 0 Å². The number of halogens is 3. The molecule has 2 fully saturated rings. The van der Waals surface area contributed by atoms with Crippen LogP contribution in [-0.2, 0) is 9.47 Å². The van der Waals surface area contributed by atoms with Crippen LogP contribution in [0.3, 0.4) is 0 Å².